The highest BCUT2D eigenvalue weighted by Gasteiger charge is 2.54. The predicted molar refractivity (Wildman–Crippen MR) is 454 cm³/mol. The lowest BCUT2D eigenvalue weighted by Gasteiger charge is -2.38. The number of esters is 6. The SMILES string of the molecule is CCCCCCCCCCCCCCCCC(CCCCCCCCCCCCCCCC)(CCCCCCCCCCCCCCCC)COC(=O)OCCOCCOCCOC(=O)CC(NC(NCCC(C(=O)OC(C)(C)C)C(NCC)C(=O)OC(C)(C)C)(C(=O)OC(C)(C)C)C(=O)OC(C)(C)C)C(=O)OC(C)(C)C. The van der Waals surface area contributed by atoms with Crippen LogP contribution in [-0.4, -0.2) is 147 Å². The average molecular weight is 1600 g/mol. The van der Waals surface area contributed by atoms with Gasteiger partial charge < -0.3 is 52.7 Å². The van der Waals surface area contributed by atoms with Gasteiger partial charge in [0.1, 0.15) is 59.9 Å². The van der Waals surface area contributed by atoms with Gasteiger partial charge in [-0.1, -0.05) is 297 Å². The van der Waals surface area contributed by atoms with Crippen molar-refractivity contribution in [2.24, 2.45) is 11.3 Å². The lowest BCUT2D eigenvalue weighted by atomic mass is 9.74. The molecule has 3 unspecified atom stereocenters. The standard InChI is InChI=1S/C92H175N3O17/c1-20-24-27-30-33-36-39-42-45-48-51-54-57-60-64-91(65-61-58-55-52-49-46-43-40-37-34-31-28-25-21-2,66-62-59-56-53-50-47-44-41-38-35-32-29-26-22-3)75-107-85(102)106-73-71-104-69-68-103-70-72-105-78(96)74-77(81(98)109-87(8,9)10)95-92(83(100)111-89(14,15)16,84(101)112-90(17,18)19)94-67-63-76(80(97)108-86(5,6)7)79(93-23-4)82(99)110-88(11,12)13/h76-77,79,93-95H,20-75H2,1-19H3. The highest BCUT2D eigenvalue weighted by molar-refractivity contribution is 6.05. The molecule has 0 aliphatic rings. The largest absolute Gasteiger partial charge is 0.508 e. The van der Waals surface area contributed by atoms with Crippen molar-refractivity contribution in [3.8, 4) is 0 Å². The first-order chi connectivity index (χ1) is 53.0. The number of rotatable bonds is 72. The highest BCUT2D eigenvalue weighted by Crippen LogP contribution is 2.39. The second kappa shape index (κ2) is 64.0. The van der Waals surface area contributed by atoms with E-state index >= 15 is 0 Å². The van der Waals surface area contributed by atoms with E-state index in [9.17, 15) is 33.6 Å². The van der Waals surface area contributed by atoms with Crippen LogP contribution in [0.3, 0.4) is 0 Å². The summed E-state index contributed by atoms with van der Waals surface area (Å²) in [7, 11) is 0. The van der Waals surface area contributed by atoms with Crippen LogP contribution in [0.4, 0.5) is 4.79 Å². The molecule has 0 aromatic carbocycles. The minimum Gasteiger partial charge on any atom is -0.463 e. The van der Waals surface area contributed by atoms with Crippen LogP contribution >= 0.6 is 0 Å². The minimum atomic E-state index is -2.76. The molecule has 0 amide bonds. The average Bonchev–Trinajstić information content (AvgIpc) is 0.784. The monoisotopic (exact) mass is 1590 g/mol. The Balaban J connectivity index is 6.27. The van der Waals surface area contributed by atoms with Gasteiger partial charge in [0.05, 0.1) is 38.8 Å². The smallest absolute Gasteiger partial charge is 0.463 e. The fourth-order valence-corrected chi connectivity index (χ4v) is 14.0. The fourth-order valence-electron chi connectivity index (χ4n) is 14.0. The summed E-state index contributed by atoms with van der Waals surface area (Å²) in [6.07, 6.45) is 56.9. The summed E-state index contributed by atoms with van der Waals surface area (Å²) in [6.45, 7) is 33.4. The molecule has 20 heteroatoms. The Morgan fingerprint density at radius 3 is 0.938 bits per heavy atom. The third kappa shape index (κ3) is 61.3. The van der Waals surface area contributed by atoms with Gasteiger partial charge in [0, 0.05) is 5.41 Å². The van der Waals surface area contributed by atoms with E-state index in [4.69, 9.17) is 47.4 Å². The minimum absolute atomic E-state index is 0.00341. The molecule has 0 aliphatic heterocycles. The Morgan fingerprint density at radius 2 is 0.616 bits per heavy atom. The zero-order chi connectivity index (χ0) is 84.1. The molecule has 0 aliphatic carbocycles. The first-order valence-electron chi connectivity index (χ1n) is 45.5. The molecular formula is C92H175N3O17. The number of unbranched alkanes of at least 4 members (excludes halogenated alkanes) is 39. The fraction of sp³-hybridized carbons (Fsp3) is 0.924. The Kier molecular flexibility index (Phi) is 61.6. The molecule has 112 heavy (non-hydrogen) atoms. The zero-order valence-corrected chi connectivity index (χ0v) is 75.8. The number of nitrogens with one attached hydrogen (secondary N) is 3. The maximum Gasteiger partial charge on any atom is 0.508 e. The molecule has 20 nitrogen and oxygen atoms in total. The van der Waals surface area contributed by atoms with Gasteiger partial charge in [0.25, 0.3) is 5.66 Å². The first-order valence-corrected chi connectivity index (χ1v) is 45.5. The Hall–Kier alpha value is -4.11. The zero-order valence-electron chi connectivity index (χ0n) is 75.8. The van der Waals surface area contributed by atoms with E-state index in [1.54, 1.807) is 111 Å². The van der Waals surface area contributed by atoms with Gasteiger partial charge in [-0.3, -0.25) is 29.8 Å². The van der Waals surface area contributed by atoms with Crippen LogP contribution in [0.15, 0.2) is 0 Å². The Bertz CT molecular complexity index is 2280. The summed E-state index contributed by atoms with van der Waals surface area (Å²) in [5.74, 6) is -7.16. The van der Waals surface area contributed by atoms with Gasteiger partial charge in [0.15, 0.2) is 0 Å². The number of hydrogen-bond donors (Lipinski definition) is 3. The number of likely N-dealkylation sites (N-methyl/N-ethyl adjacent to an activating group) is 1. The van der Waals surface area contributed by atoms with Crippen molar-refractivity contribution >= 4 is 42.0 Å². The molecule has 0 saturated heterocycles. The molecule has 0 saturated carbocycles. The number of ether oxygens (including phenoxy) is 10. The van der Waals surface area contributed by atoms with Crippen molar-refractivity contribution in [3.63, 3.8) is 0 Å². The molecule has 0 fully saturated rings. The maximum absolute atomic E-state index is 14.8. The molecule has 0 radical (unpaired) electrons. The third-order valence-corrected chi connectivity index (χ3v) is 19.9. The van der Waals surface area contributed by atoms with E-state index in [0.717, 1.165) is 38.5 Å². The lowest BCUT2D eigenvalue weighted by Crippen LogP contribution is -2.73. The molecule has 3 atom stereocenters. The maximum atomic E-state index is 14.8. The predicted octanol–water partition coefficient (Wildman–Crippen LogP) is 22.6. The van der Waals surface area contributed by atoms with Crippen molar-refractivity contribution in [2.45, 2.75) is 479 Å². The molecule has 0 heterocycles. The van der Waals surface area contributed by atoms with Crippen molar-refractivity contribution < 1.29 is 80.9 Å². The van der Waals surface area contributed by atoms with Crippen LogP contribution in [0.5, 0.6) is 0 Å². The number of hydrogen-bond acceptors (Lipinski definition) is 20. The second-order valence-corrected chi connectivity index (χ2v) is 37.0. The van der Waals surface area contributed by atoms with Crippen molar-refractivity contribution in [2.75, 3.05) is 59.3 Å². The highest BCUT2D eigenvalue weighted by atomic mass is 16.7. The molecule has 0 aromatic heterocycles. The quantitative estimate of drug-likeness (QED) is 0.0168. The van der Waals surface area contributed by atoms with Gasteiger partial charge in [-0.25, -0.2) is 14.4 Å². The number of carbonyl (C=O) groups excluding carboxylic acids is 7. The number of carbonyl (C=O) groups is 7. The topological polar surface area (TPSA) is 248 Å². The molecule has 3 N–H and O–H groups in total. The van der Waals surface area contributed by atoms with Crippen LogP contribution in [-0.2, 0) is 76.1 Å². The van der Waals surface area contributed by atoms with Crippen LogP contribution in [0.1, 0.15) is 433 Å². The first kappa shape index (κ1) is 108. The third-order valence-electron chi connectivity index (χ3n) is 19.9. The lowest BCUT2D eigenvalue weighted by molar-refractivity contribution is -0.184. The van der Waals surface area contributed by atoms with E-state index in [2.05, 4.69) is 36.7 Å². The van der Waals surface area contributed by atoms with E-state index < -0.39 is 100 Å². The molecule has 0 spiro atoms. The summed E-state index contributed by atoms with van der Waals surface area (Å²) in [6, 6.07) is -3.00. The van der Waals surface area contributed by atoms with Crippen molar-refractivity contribution in [1.82, 2.24) is 16.0 Å². The van der Waals surface area contributed by atoms with Crippen molar-refractivity contribution in [1.29, 1.82) is 0 Å². The molecule has 0 aromatic rings. The van der Waals surface area contributed by atoms with E-state index in [-0.39, 0.29) is 64.6 Å². The summed E-state index contributed by atoms with van der Waals surface area (Å²) in [5, 5.41) is 8.78. The van der Waals surface area contributed by atoms with E-state index in [0.29, 0.717) is 6.61 Å². The molecule has 0 bridgehead atoms. The van der Waals surface area contributed by atoms with Crippen LogP contribution in [0, 0.1) is 11.3 Å². The van der Waals surface area contributed by atoms with Crippen LogP contribution in [0.25, 0.3) is 0 Å². The summed E-state index contributed by atoms with van der Waals surface area (Å²) < 4.78 is 58.0. The normalized spacial score (nSPS) is 13.3. The van der Waals surface area contributed by atoms with E-state index in [1.807, 2.05) is 0 Å². The summed E-state index contributed by atoms with van der Waals surface area (Å²) in [5.41, 5.74) is -8.31. The van der Waals surface area contributed by atoms with E-state index in [1.165, 1.54) is 250 Å². The van der Waals surface area contributed by atoms with Crippen molar-refractivity contribution in [3.05, 3.63) is 0 Å². The Morgan fingerprint density at radius 1 is 0.321 bits per heavy atom. The Labute approximate surface area is 685 Å². The molecule has 0 rings (SSSR count). The van der Waals surface area contributed by atoms with Crippen LogP contribution in [0.2, 0.25) is 0 Å². The second-order valence-electron chi connectivity index (χ2n) is 37.0. The van der Waals surface area contributed by atoms with Gasteiger partial charge in [-0.2, -0.15) is 0 Å². The summed E-state index contributed by atoms with van der Waals surface area (Å²) in [4.78, 5) is 99.2. The summed E-state index contributed by atoms with van der Waals surface area (Å²) >= 11 is 0. The van der Waals surface area contributed by atoms with Gasteiger partial charge in [-0.15, -0.1) is 0 Å². The van der Waals surface area contributed by atoms with Gasteiger partial charge in [-0.05, 0) is 143 Å². The molecular weight excluding hydrogens is 1420 g/mol. The van der Waals surface area contributed by atoms with Crippen LogP contribution < -0.4 is 16.0 Å². The van der Waals surface area contributed by atoms with Gasteiger partial charge in [0.2, 0.25) is 0 Å². The van der Waals surface area contributed by atoms with Gasteiger partial charge >= 0.3 is 42.0 Å². The molecule has 660 valence electrons.